The molecule has 0 aliphatic rings. The Kier molecular flexibility index (Phi) is 4.85. The van der Waals surface area contributed by atoms with Crippen molar-refractivity contribution in [2.24, 2.45) is 0 Å². The fourth-order valence-electron chi connectivity index (χ4n) is 1.85. The van der Waals surface area contributed by atoms with Crippen molar-refractivity contribution in [3.05, 3.63) is 59.1 Å². The molecule has 1 aromatic heterocycles. The molecule has 0 N–H and O–H groups in total. The molecule has 0 atom stereocenters. The Balaban J connectivity index is 2.42. The molecule has 106 valence electrons. The Morgan fingerprint density at radius 1 is 1.33 bits per heavy atom. The third kappa shape index (κ3) is 3.36. The quantitative estimate of drug-likeness (QED) is 0.813. The Morgan fingerprint density at radius 3 is 2.76 bits per heavy atom. The Bertz CT molecular complexity index is 699. The van der Waals surface area contributed by atoms with Gasteiger partial charge in [-0.1, -0.05) is 23.7 Å². The molecule has 0 saturated heterocycles. The highest BCUT2D eigenvalue weighted by atomic mass is 35.5. The molecule has 0 fully saturated rings. The maximum Gasteiger partial charge on any atom is 0.261 e. The second kappa shape index (κ2) is 6.82. The van der Waals surface area contributed by atoms with Crippen molar-refractivity contribution in [2.45, 2.75) is 6.42 Å². The van der Waals surface area contributed by atoms with Crippen LogP contribution in [0.2, 0.25) is 5.15 Å². The van der Waals surface area contributed by atoms with E-state index in [1.54, 1.807) is 12.1 Å². The van der Waals surface area contributed by atoms with E-state index in [0.717, 1.165) is 0 Å². The van der Waals surface area contributed by atoms with E-state index in [9.17, 15) is 9.18 Å². The molecule has 1 heterocycles. The van der Waals surface area contributed by atoms with Gasteiger partial charge in [0, 0.05) is 12.7 Å². The molecule has 0 bridgehead atoms. The first-order chi connectivity index (χ1) is 10.1. The number of halogens is 2. The third-order valence-electron chi connectivity index (χ3n) is 2.83. The van der Waals surface area contributed by atoms with E-state index in [-0.39, 0.29) is 29.4 Å². The highest BCUT2D eigenvalue weighted by molar-refractivity contribution is 6.33. The number of pyridine rings is 1. The van der Waals surface area contributed by atoms with Crippen LogP contribution in [0.3, 0.4) is 0 Å². The van der Waals surface area contributed by atoms with Crippen LogP contribution in [0.25, 0.3) is 0 Å². The molecule has 0 radical (unpaired) electrons. The minimum absolute atomic E-state index is 0.0424. The number of aromatic nitrogens is 1. The van der Waals surface area contributed by atoms with E-state index in [1.165, 1.54) is 35.4 Å². The number of anilines is 1. The Morgan fingerprint density at radius 2 is 2.10 bits per heavy atom. The second-order valence-corrected chi connectivity index (χ2v) is 4.52. The second-order valence-electron chi connectivity index (χ2n) is 4.16. The van der Waals surface area contributed by atoms with Gasteiger partial charge in [-0.15, -0.1) is 0 Å². The van der Waals surface area contributed by atoms with Crippen molar-refractivity contribution in [3.8, 4) is 6.07 Å². The maximum absolute atomic E-state index is 13.9. The van der Waals surface area contributed by atoms with Crippen molar-refractivity contribution in [3.63, 3.8) is 0 Å². The van der Waals surface area contributed by atoms with Crippen LogP contribution in [-0.2, 0) is 0 Å². The van der Waals surface area contributed by atoms with Gasteiger partial charge in [0.05, 0.1) is 23.7 Å². The first-order valence-electron chi connectivity index (χ1n) is 6.19. The van der Waals surface area contributed by atoms with Gasteiger partial charge < -0.3 is 4.90 Å². The number of benzene rings is 1. The molecule has 6 heteroatoms. The number of nitriles is 1. The molecule has 0 unspecified atom stereocenters. The highest BCUT2D eigenvalue weighted by Crippen LogP contribution is 2.23. The molecule has 2 aromatic rings. The summed E-state index contributed by atoms with van der Waals surface area (Å²) in [6, 6.07) is 10.9. The van der Waals surface area contributed by atoms with Crippen LogP contribution in [0.5, 0.6) is 0 Å². The summed E-state index contributed by atoms with van der Waals surface area (Å²) < 4.78 is 13.9. The van der Waals surface area contributed by atoms with E-state index in [2.05, 4.69) is 4.98 Å². The predicted molar refractivity (Wildman–Crippen MR) is 77.6 cm³/mol. The normalized spacial score (nSPS) is 9.95. The van der Waals surface area contributed by atoms with Gasteiger partial charge in [-0.3, -0.25) is 4.79 Å². The Hall–Kier alpha value is -2.45. The van der Waals surface area contributed by atoms with E-state index in [0.29, 0.717) is 0 Å². The predicted octanol–water partition coefficient (Wildman–Crippen LogP) is 3.43. The van der Waals surface area contributed by atoms with E-state index in [1.807, 2.05) is 6.07 Å². The van der Waals surface area contributed by atoms with Gasteiger partial charge in [-0.05, 0) is 24.3 Å². The zero-order chi connectivity index (χ0) is 15.2. The number of hydrogen-bond donors (Lipinski definition) is 0. The van der Waals surface area contributed by atoms with Gasteiger partial charge in [-0.25, -0.2) is 9.37 Å². The topological polar surface area (TPSA) is 57.0 Å². The summed E-state index contributed by atoms with van der Waals surface area (Å²) in [5, 5.41) is 8.76. The van der Waals surface area contributed by atoms with Crippen LogP contribution in [0.15, 0.2) is 42.6 Å². The zero-order valence-electron chi connectivity index (χ0n) is 11.0. The van der Waals surface area contributed by atoms with Gasteiger partial charge in [-0.2, -0.15) is 5.26 Å². The summed E-state index contributed by atoms with van der Waals surface area (Å²) >= 11 is 5.91. The monoisotopic (exact) mass is 303 g/mol. The van der Waals surface area contributed by atoms with Crippen molar-refractivity contribution < 1.29 is 9.18 Å². The molecule has 21 heavy (non-hydrogen) atoms. The van der Waals surface area contributed by atoms with Gasteiger partial charge in [0.1, 0.15) is 11.0 Å². The fourth-order valence-corrected chi connectivity index (χ4v) is 2.05. The van der Waals surface area contributed by atoms with Crippen molar-refractivity contribution in [1.29, 1.82) is 5.26 Å². The average molecular weight is 304 g/mol. The van der Waals surface area contributed by atoms with E-state index < -0.39 is 11.7 Å². The number of carbonyl (C=O) groups excluding carboxylic acids is 1. The maximum atomic E-state index is 13.9. The zero-order valence-corrected chi connectivity index (χ0v) is 11.7. The Labute approximate surface area is 126 Å². The molecular weight excluding hydrogens is 293 g/mol. The van der Waals surface area contributed by atoms with Crippen LogP contribution in [0.4, 0.5) is 10.1 Å². The summed E-state index contributed by atoms with van der Waals surface area (Å²) in [5.74, 6) is -1.03. The lowest BCUT2D eigenvalue weighted by Crippen LogP contribution is -2.32. The molecule has 2 rings (SSSR count). The third-order valence-corrected chi connectivity index (χ3v) is 3.13. The average Bonchev–Trinajstić information content (AvgIpc) is 2.49. The molecule has 0 aliphatic heterocycles. The van der Waals surface area contributed by atoms with Crippen molar-refractivity contribution in [1.82, 2.24) is 4.98 Å². The first-order valence-corrected chi connectivity index (χ1v) is 6.57. The van der Waals surface area contributed by atoms with Crippen molar-refractivity contribution in [2.75, 3.05) is 11.4 Å². The lowest BCUT2D eigenvalue weighted by molar-refractivity contribution is 0.0986. The molecule has 4 nitrogen and oxygen atoms in total. The first kappa shape index (κ1) is 14.9. The fraction of sp³-hybridized carbons (Fsp3) is 0.133. The summed E-state index contributed by atoms with van der Waals surface area (Å²) in [5.41, 5.74) is 0.276. The molecular formula is C15H11ClFN3O. The van der Waals surface area contributed by atoms with Crippen molar-refractivity contribution >= 4 is 23.2 Å². The number of hydrogen-bond acceptors (Lipinski definition) is 3. The molecule has 1 aromatic carbocycles. The lowest BCUT2D eigenvalue weighted by Gasteiger charge is -2.22. The summed E-state index contributed by atoms with van der Waals surface area (Å²) in [4.78, 5) is 17.6. The lowest BCUT2D eigenvalue weighted by atomic mass is 10.2. The number of nitrogens with zero attached hydrogens (tertiary/aromatic N) is 3. The van der Waals surface area contributed by atoms with Crippen LogP contribution in [-0.4, -0.2) is 17.4 Å². The van der Waals surface area contributed by atoms with Crippen LogP contribution in [0.1, 0.15) is 16.8 Å². The van der Waals surface area contributed by atoms with Crippen LogP contribution >= 0.6 is 11.6 Å². The number of amides is 1. The van der Waals surface area contributed by atoms with Crippen LogP contribution in [0, 0.1) is 17.1 Å². The molecule has 0 saturated carbocycles. The number of rotatable bonds is 4. The van der Waals surface area contributed by atoms with Gasteiger partial charge in [0.25, 0.3) is 5.91 Å². The molecule has 0 aliphatic carbocycles. The van der Waals surface area contributed by atoms with E-state index in [4.69, 9.17) is 16.9 Å². The minimum Gasteiger partial charge on any atom is -0.304 e. The molecule has 1 amide bonds. The van der Waals surface area contributed by atoms with Gasteiger partial charge >= 0.3 is 0 Å². The highest BCUT2D eigenvalue weighted by Gasteiger charge is 2.22. The van der Waals surface area contributed by atoms with Gasteiger partial charge in [0.2, 0.25) is 0 Å². The SMILES string of the molecule is N#CCCN(C(=O)c1cccnc1Cl)c1ccccc1F. The van der Waals surface area contributed by atoms with Crippen LogP contribution < -0.4 is 4.90 Å². The standard InChI is InChI=1S/C15H11ClFN3O/c16-14-11(5-3-9-19-14)15(21)20(10-4-8-18)13-7-2-1-6-12(13)17/h1-3,5-7,9H,4,10H2. The number of carbonyl (C=O) groups is 1. The summed E-state index contributed by atoms with van der Waals surface area (Å²) in [7, 11) is 0. The summed E-state index contributed by atoms with van der Waals surface area (Å²) in [6.07, 6.45) is 1.54. The van der Waals surface area contributed by atoms with E-state index >= 15 is 0 Å². The summed E-state index contributed by atoms with van der Waals surface area (Å²) in [6.45, 7) is 0.0709. The molecule has 0 spiro atoms. The number of para-hydroxylation sites is 1. The minimum atomic E-state index is -0.538. The largest absolute Gasteiger partial charge is 0.304 e. The smallest absolute Gasteiger partial charge is 0.261 e. The van der Waals surface area contributed by atoms with Gasteiger partial charge in [0.15, 0.2) is 0 Å².